The molecule has 0 saturated carbocycles. The summed E-state index contributed by atoms with van der Waals surface area (Å²) >= 11 is 1.94. The lowest BCUT2D eigenvalue weighted by Gasteiger charge is -2.54. The Hall–Kier alpha value is -2.41. The Balaban J connectivity index is 1.91. The topological polar surface area (TPSA) is 65.8 Å². The van der Waals surface area contributed by atoms with E-state index in [1.807, 2.05) is 30.0 Å². The summed E-state index contributed by atoms with van der Waals surface area (Å²) in [5.41, 5.74) is 0.674. The van der Waals surface area contributed by atoms with E-state index in [2.05, 4.69) is 31.0 Å². The number of nitrogens with zero attached hydrogens (tertiary/aromatic N) is 3. The van der Waals surface area contributed by atoms with Crippen LogP contribution in [0.2, 0.25) is 0 Å². The lowest BCUT2D eigenvalue weighted by atomic mass is 9.93. The van der Waals surface area contributed by atoms with Crippen LogP contribution in [0.1, 0.15) is 48.8 Å². The maximum absolute atomic E-state index is 12.9. The van der Waals surface area contributed by atoms with E-state index in [-0.39, 0.29) is 23.8 Å². The van der Waals surface area contributed by atoms with Crippen molar-refractivity contribution < 1.29 is 9.90 Å². The maximum atomic E-state index is 12.9. The fraction of sp³-hybridized carbons (Fsp3) is 0.429. The largest absolute Gasteiger partial charge is 0.502 e. The number of benzene rings is 1. The van der Waals surface area contributed by atoms with Crippen molar-refractivity contribution in [3.05, 3.63) is 64.1 Å². The van der Waals surface area contributed by atoms with E-state index in [0.29, 0.717) is 10.5 Å². The van der Waals surface area contributed by atoms with Crippen molar-refractivity contribution in [2.24, 2.45) is 0 Å². The molecule has 148 valence electrons. The van der Waals surface area contributed by atoms with Crippen LogP contribution in [-0.4, -0.2) is 44.3 Å². The second kappa shape index (κ2) is 7.20. The lowest BCUT2D eigenvalue weighted by molar-refractivity contribution is 0.0557. The molecule has 4 rings (SSSR count). The van der Waals surface area contributed by atoms with Crippen LogP contribution in [0.3, 0.4) is 0 Å². The molecule has 1 amide bonds. The van der Waals surface area contributed by atoms with E-state index in [9.17, 15) is 14.7 Å². The highest BCUT2D eigenvalue weighted by molar-refractivity contribution is 8.00. The Morgan fingerprint density at radius 2 is 1.82 bits per heavy atom. The van der Waals surface area contributed by atoms with Gasteiger partial charge in [0.1, 0.15) is 6.17 Å². The molecule has 2 aromatic rings. The smallest absolute Gasteiger partial charge is 0.277 e. The van der Waals surface area contributed by atoms with Gasteiger partial charge in [-0.2, -0.15) is 11.8 Å². The number of amides is 1. The van der Waals surface area contributed by atoms with Crippen LogP contribution in [-0.2, 0) is 0 Å². The molecular formula is C21H25N3O3S. The van der Waals surface area contributed by atoms with Gasteiger partial charge in [-0.1, -0.05) is 44.2 Å². The molecule has 0 bridgehead atoms. The van der Waals surface area contributed by atoms with Crippen molar-refractivity contribution in [2.75, 3.05) is 12.1 Å². The predicted molar refractivity (Wildman–Crippen MR) is 111 cm³/mol. The molecule has 3 heterocycles. The number of carbonyl (C=O) groups is 1. The number of carbonyl (C=O) groups excluding carboxylic acids is 1. The van der Waals surface area contributed by atoms with Crippen molar-refractivity contribution in [1.29, 1.82) is 0 Å². The zero-order chi connectivity index (χ0) is 20.0. The van der Waals surface area contributed by atoms with Crippen LogP contribution < -0.4 is 10.4 Å². The summed E-state index contributed by atoms with van der Waals surface area (Å²) in [6, 6.07) is 11.6. The summed E-state index contributed by atoms with van der Waals surface area (Å²) in [6.45, 7) is 4.39. The van der Waals surface area contributed by atoms with E-state index < -0.39 is 11.2 Å². The summed E-state index contributed by atoms with van der Waals surface area (Å²) in [7, 11) is 1.75. The van der Waals surface area contributed by atoms with Crippen molar-refractivity contribution in [3.8, 4) is 5.75 Å². The molecule has 7 heteroatoms. The molecule has 1 N–H and O–H groups in total. The van der Waals surface area contributed by atoms with Gasteiger partial charge >= 0.3 is 0 Å². The molecule has 2 aliphatic heterocycles. The van der Waals surface area contributed by atoms with E-state index in [1.54, 1.807) is 22.8 Å². The molecule has 2 aliphatic rings. The average molecular weight is 400 g/mol. The summed E-state index contributed by atoms with van der Waals surface area (Å²) < 4.78 is 1.70. The monoisotopic (exact) mass is 399 g/mol. The molecule has 28 heavy (non-hydrogen) atoms. The van der Waals surface area contributed by atoms with Gasteiger partial charge in [0.25, 0.3) is 5.91 Å². The van der Waals surface area contributed by atoms with Gasteiger partial charge < -0.3 is 10.0 Å². The van der Waals surface area contributed by atoms with E-state index >= 15 is 0 Å². The highest BCUT2D eigenvalue weighted by Crippen LogP contribution is 2.44. The third-order valence-corrected chi connectivity index (χ3v) is 6.90. The van der Waals surface area contributed by atoms with Crippen LogP contribution in [0.4, 0.5) is 0 Å². The molecule has 3 atom stereocenters. The molecule has 3 unspecified atom stereocenters. The third kappa shape index (κ3) is 2.98. The first-order valence-corrected chi connectivity index (χ1v) is 10.5. The number of aromatic hydroxyl groups is 1. The molecule has 1 aromatic heterocycles. The molecule has 0 radical (unpaired) electrons. The Kier molecular flexibility index (Phi) is 4.87. The number of piperidine rings is 1. The Bertz CT molecular complexity index is 944. The van der Waals surface area contributed by atoms with E-state index in [1.165, 1.54) is 6.07 Å². The molecule has 1 aromatic carbocycles. The normalized spacial score (nSPS) is 24.3. The summed E-state index contributed by atoms with van der Waals surface area (Å²) in [5, 5.41) is 13.3. The molecule has 1 fully saturated rings. The summed E-state index contributed by atoms with van der Waals surface area (Å²) in [4.78, 5) is 26.6. The highest BCUT2D eigenvalue weighted by atomic mass is 32.2. The number of fused-ring (bicyclic) bond motifs is 3. The van der Waals surface area contributed by atoms with Gasteiger partial charge in [-0.3, -0.25) is 19.3 Å². The van der Waals surface area contributed by atoms with Crippen molar-refractivity contribution >= 4 is 17.7 Å². The quantitative estimate of drug-likeness (QED) is 0.860. The predicted octanol–water partition coefficient (Wildman–Crippen LogP) is 2.95. The number of aromatic nitrogens is 1. The Labute approximate surface area is 168 Å². The number of hydrogen-bond acceptors (Lipinski definition) is 5. The number of rotatable bonds is 3. The highest BCUT2D eigenvalue weighted by Gasteiger charge is 2.46. The first-order valence-electron chi connectivity index (χ1n) is 9.61. The van der Waals surface area contributed by atoms with Gasteiger partial charge in [-0.05, 0) is 23.7 Å². The van der Waals surface area contributed by atoms with Gasteiger partial charge in [-0.15, -0.1) is 0 Å². The van der Waals surface area contributed by atoms with Crippen molar-refractivity contribution in [1.82, 2.24) is 9.58 Å². The van der Waals surface area contributed by atoms with Gasteiger partial charge in [0.05, 0.1) is 6.04 Å². The van der Waals surface area contributed by atoms with Crippen LogP contribution in [0.5, 0.6) is 5.75 Å². The van der Waals surface area contributed by atoms with Gasteiger partial charge in [-0.25, -0.2) is 0 Å². The lowest BCUT2D eigenvalue weighted by Crippen LogP contribution is -2.64. The minimum Gasteiger partial charge on any atom is -0.502 e. The first kappa shape index (κ1) is 18.9. The zero-order valence-corrected chi connectivity index (χ0v) is 17.1. The third-order valence-electron chi connectivity index (χ3n) is 5.51. The number of hydrogen-bond donors (Lipinski definition) is 1. The van der Waals surface area contributed by atoms with E-state index in [0.717, 1.165) is 18.4 Å². The first-order chi connectivity index (χ1) is 13.4. The van der Waals surface area contributed by atoms with Gasteiger partial charge in [0.2, 0.25) is 5.43 Å². The fourth-order valence-electron chi connectivity index (χ4n) is 4.33. The molecule has 1 saturated heterocycles. The Morgan fingerprint density at radius 1 is 1.11 bits per heavy atom. The Morgan fingerprint density at radius 3 is 2.50 bits per heavy atom. The van der Waals surface area contributed by atoms with Crippen LogP contribution in [0, 0.1) is 0 Å². The molecule has 6 nitrogen and oxygen atoms in total. The maximum Gasteiger partial charge on any atom is 0.277 e. The fourth-order valence-corrected chi connectivity index (χ4v) is 5.73. The minimum absolute atomic E-state index is 0.0172. The summed E-state index contributed by atoms with van der Waals surface area (Å²) in [5.74, 6) is -0.804. The summed E-state index contributed by atoms with van der Waals surface area (Å²) in [6.07, 6.45) is 3.31. The minimum atomic E-state index is -0.534. The second-order valence-corrected chi connectivity index (χ2v) is 9.48. The van der Waals surface area contributed by atoms with E-state index in [4.69, 9.17) is 0 Å². The van der Waals surface area contributed by atoms with Crippen molar-refractivity contribution in [2.45, 2.75) is 49.4 Å². The molecule has 0 aliphatic carbocycles. The van der Waals surface area contributed by atoms with Crippen LogP contribution >= 0.6 is 11.8 Å². The van der Waals surface area contributed by atoms with Gasteiger partial charge in [0.15, 0.2) is 11.4 Å². The number of thioether (sulfide) groups is 1. The van der Waals surface area contributed by atoms with Crippen LogP contribution in [0.15, 0.2) is 47.4 Å². The van der Waals surface area contributed by atoms with Crippen LogP contribution in [0.25, 0.3) is 0 Å². The number of pyridine rings is 1. The SMILES string of the molecule is CC(C)SC1CCC2N(C)C(=O)c3c(O)c(=O)ccn3N2C1c1ccccc1. The molecular weight excluding hydrogens is 374 g/mol. The van der Waals surface area contributed by atoms with Gasteiger partial charge in [0, 0.05) is 24.6 Å². The second-order valence-electron chi connectivity index (χ2n) is 7.65. The zero-order valence-electron chi connectivity index (χ0n) is 16.3. The standard InChI is InChI=1S/C21H25N3O3S/c1-13(2)28-16-9-10-17-22(3)21(27)19-20(26)15(25)11-12-23(19)24(17)18(16)14-7-5-4-6-8-14/h4-8,11-13,16-18,26H,9-10H2,1-3H3. The van der Waals surface area contributed by atoms with Crippen molar-refractivity contribution in [3.63, 3.8) is 0 Å². The molecule has 0 spiro atoms. The average Bonchev–Trinajstić information content (AvgIpc) is 2.68.